The van der Waals surface area contributed by atoms with E-state index in [1.165, 1.54) is 44.1 Å². The van der Waals surface area contributed by atoms with Crippen molar-refractivity contribution in [3.8, 4) is 0 Å². The highest BCUT2D eigenvalue weighted by atomic mass is 16.2. The van der Waals surface area contributed by atoms with E-state index in [1.54, 1.807) is 17.9 Å². The Balaban J connectivity index is 1.52. The van der Waals surface area contributed by atoms with Crippen LogP contribution in [0.2, 0.25) is 0 Å². The first-order valence-corrected chi connectivity index (χ1v) is 11.2. The molecule has 1 unspecified atom stereocenters. The maximum absolute atomic E-state index is 13.0. The van der Waals surface area contributed by atoms with Gasteiger partial charge in [-0.3, -0.25) is 14.4 Å². The van der Waals surface area contributed by atoms with Crippen molar-refractivity contribution in [3.05, 3.63) is 34.9 Å². The zero-order valence-corrected chi connectivity index (χ0v) is 17.7. The van der Waals surface area contributed by atoms with Crippen molar-refractivity contribution in [2.45, 2.75) is 63.8 Å². The third-order valence-electron chi connectivity index (χ3n) is 8.55. The lowest BCUT2D eigenvalue weighted by atomic mass is 9.47. The quantitative estimate of drug-likeness (QED) is 0.730. The van der Waals surface area contributed by atoms with Crippen molar-refractivity contribution in [1.82, 2.24) is 4.90 Å². The Hall–Kier alpha value is -2.37. The lowest BCUT2D eigenvalue weighted by Crippen LogP contribution is -2.49. The summed E-state index contributed by atoms with van der Waals surface area (Å²) in [4.78, 5) is 38.5. The minimum atomic E-state index is -1.12. The third-order valence-corrected chi connectivity index (χ3v) is 8.55. The van der Waals surface area contributed by atoms with Crippen LogP contribution in [0.3, 0.4) is 0 Å². The maximum atomic E-state index is 13.0. The van der Waals surface area contributed by atoms with Crippen LogP contribution in [0.4, 0.5) is 0 Å². The Kier molecular flexibility index (Phi) is 4.28. The van der Waals surface area contributed by atoms with E-state index in [1.807, 2.05) is 12.1 Å². The zero-order chi connectivity index (χ0) is 21.3. The minimum absolute atomic E-state index is 0.0886. The lowest BCUT2D eigenvalue weighted by Gasteiger charge is -2.57. The van der Waals surface area contributed by atoms with Gasteiger partial charge >= 0.3 is 0 Å². The van der Waals surface area contributed by atoms with Crippen molar-refractivity contribution < 1.29 is 14.4 Å². The van der Waals surface area contributed by atoms with E-state index < -0.39 is 17.2 Å². The second-order valence-corrected chi connectivity index (χ2v) is 10.6. The van der Waals surface area contributed by atoms with E-state index in [0.29, 0.717) is 25.1 Å². The fourth-order valence-corrected chi connectivity index (χ4v) is 7.30. The molecule has 1 aromatic rings. The minimum Gasteiger partial charge on any atom is -0.369 e. The molecule has 0 radical (unpaired) electrons. The molecule has 1 atom stereocenters. The number of amides is 3. The molecule has 0 spiro atoms. The molecule has 30 heavy (non-hydrogen) atoms. The first-order valence-electron chi connectivity index (χ1n) is 11.2. The fourth-order valence-electron chi connectivity index (χ4n) is 7.30. The summed E-state index contributed by atoms with van der Waals surface area (Å²) in [6.45, 7) is 2.63. The van der Waals surface area contributed by atoms with E-state index in [2.05, 4.69) is 0 Å². The molecular weight excluding hydrogens is 378 g/mol. The predicted octanol–water partition coefficient (Wildman–Crippen LogP) is 2.48. The van der Waals surface area contributed by atoms with Crippen molar-refractivity contribution in [3.63, 3.8) is 0 Å². The van der Waals surface area contributed by atoms with Crippen molar-refractivity contribution >= 4 is 17.7 Å². The zero-order valence-electron chi connectivity index (χ0n) is 17.7. The van der Waals surface area contributed by atoms with Crippen LogP contribution < -0.4 is 11.5 Å². The van der Waals surface area contributed by atoms with E-state index in [9.17, 15) is 14.4 Å². The maximum Gasteiger partial charge on any atom is 0.248 e. The number of rotatable bonds is 5. The largest absolute Gasteiger partial charge is 0.369 e. The molecule has 6 nitrogen and oxygen atoms in total. The third kappa shape index (κ3) is 2.87. The van der Waals surface area contributed by atoms with Crippen molar-refractivity contribution in [1.29, 1.82) is 0 Å². The lowest BCUT2D eigenvalue weighted by molar-refractivity contribution is -0.143. The van der Waals surface area contributed by atoms with E-state index >= 15 is 0 Å². The summed E-state index contributed by atoms with van der Waals surface area (Å²) in [5, 5.41) is 0. The van der Waals surface area contributed by atoms with E-state index in [4.69, 9.17) is 11.5 Å². The average Bonchev–Trinajstić information content (AvgIpc) is 2.97. The van der Waals surface area contributed by atoms with Crippen LogP contribution in [0.1, 0.15) is 73.4 Å². The smallest absolute Gasteiger partial charge is 0.248 e. The molecule has 4 bridgehead atoms. The first kappa shape index (κ1) is 19.6. The number of hydrogen-bond acceptors (Lipinski definition) is 3. The predicted molar refractivity (Wildman–Crippen MR) is 112 cm³/mol. The van der Waals surface area contributed by atoms with Crippen LogP contribution in [-0.2, 0) is 21.5 Å². The van der Waals surface area contributed by atoms with Crippen LogP contribution in [-0.4, -0.2) is 29.2 Å². The summed E-state index contributed by atoms with van der Waals surface area (Å²) in [5.74, 6) is 1.16. The second kappa shape index (κ2) is 6.56. The van der Waals surface area contributed by atoms with Crippen LogP contribution >= 0.6 is 0 Å². The van der Waals surface area contributed by atoms with Gasteiger partial charge in [0.05, 0.1) is 0 Å². The highest BCUT2D eigenvalue weighted by Gasteiger charge is 2.53. The average molecular weight is 410 g/mol. The van der Waals surface area contributed by atoms with Gasteiger partial charge in [0.2, 0.25) is 17.7 Å². The normalized spacial score (nSPS) is 37.0. The molecular formula is C24H31N3O3. The fraction of sp³-hybridized carbons (Fsp3) is 0.625. The van der Waals surface area contributed by atoms with Crippen LogP contribution in [0.5, 0.6) is 0 Å². The van der Waals surface area contributed by atoms with Gasteiger partial charge in [-0.15, -0.1) is 0 Å². The number of nitrogens with two attached hydrogens (primary N) is 2. The number of carbonyl (C=O) groups is 3. The SMILES string of the molecule is CC1(C(N)=O)CCN(Cc2ccc(C(N)=O)cc2C23CC4CC(CC(C4)C2)C3)C1=O. The molecule has 1 saturated heterocycles. The Morgan fingerprint density at radius 2 is 1.67 bits per heavy atom. The van der Waals surface area contributed by atoms with Crippen LogP contribution in [0, 0.1) is 23.2 Å². The molecule has 4 saturated carbocycles. The van der Waals surface area contributed by atoms with Crippen molar-refractivity contribution in [2.75, 3.05) is 6.54 Å². The van der Waals surface area contributed by atoms with Gasteiger partial charge in [0.15, 0.2) is 0 Å². The molecule has 6 rings (SSSR count). The standard InChI is InChI=1S/C24H31N3O3/c1-23(21(26)29)4-5-27(22(23)30)13-18-3-2-17(20(25)28)9-19(18)24-10-14-6-15(11-24)8-16(7-14)12-24/h2-3,9,14-16H,4-8,10-13H2,1H3,(H2,25,28)(H2,26,29). The van der Waals surface area contributed by atoms with Gasteiger partial charge in [0, 0.05) is 18.7 Å². The summed E-state index contributed by atoms with van der Waals surface area (Å²) in [6, 6.07) is 5.75. The monoisotopic (exact) mass is 409 g/mol. The highest BCUT2D eigenvalue weighted by Crippen LogP contribution is 2.61. The molecule has 1 aliphatic heterocycles. The number of likely N-dealkylation sites (tertiary alicyclic amines) is 1. The number of nitrogens with zero attached hydrogens (tertiary/aromatic N) is 1. The Morgan fingerprint density at radius 1 is 1.07 bits per heavy atom. The molecule has 160 valence electrons. The number of hydrogen-bond donors (Lipinski definition) is 2. The summed E-state index contributed by atoms with van der Waals surface area (Å²) < 4.78 is 0. The highest BCUT2D eigenvalue weighted by molar-refractivity contribution is 6.05. The topological polar surface area (TPSA) is 106 Å². The number of primary amides is 2. The van der Waals surface area contributed by atoms with Gasteiger partial charge in [-0.05, 0) is 98.3 Å². The van der Waals surface area contributed by atoms with Crippen molar-refractivity contribution in [2.24, 2.45) is 34.6 Å². The summed E-state index contributed by atoms with van der Waals surface area (Å²) in [6.07, 6.45) is 7.97. The second-order valence-electron chi connectivity index (χ2n) is 10.6. The number of carbonyl (C=O) groups excluding carboxylic acids is 3. The Bertz CT molecular complexity index is 904. The number of benzene rings is 1. The molecule has 4 N–H and O–H groups in total. The molecule has 3 amide bonds. The Morgan fingerprint density at radius 3 is 2.17 bits per heavy atom. The van der Waals surface area contributed by atoms with Crippen LogP contribution in [0.15, 0.2) is 18.2 Å². The molecule has 4 aliphatic carbocycles. The molecule has 1 heterocycles. The summed E-state index contributed by atoms with van der Waals surface area (Å²) in [7, 11) is 0. The van der Waals surface area contributed by atoms with E-state index in [-0.39, 0.29) is 11.3 Å². The Labute approximate surface area is 177 Å². The van der Waals surface area contributed by atoms with Gasteiger partial charge in [-0.2, -0.15) is 0 Å². The first-order chi connectivity index (χ1) is 14.2. The molecule has 5 aliphatic rings. The van der Waals surface area contributed by atoms with Gasteiger partial charge in [-0.1, -0.05) is 6.07 Å². The molecule has 6 heteroatoms. The van der Waals surface area contributed by atoms with Gasteiger partial charge in [0.1, 0.15) is 5.41 Å². The summed E-state index contributed by atoms with van der Waals surface area (Å²) in [5.41, 5.74) is 13.0. The van der Waals surface area contributed by atoms with Gasteiger partial charge < -0.3 is 16.4 Å². The summed E-state index contributed by atoms with van der Waals surface area (Å²) >= 11 is 0. The molecule has 5 fully saturated rings. The van der Waals surface area contributed by atoms with E-state index in [0.717, 1.165) is 23.3 Å². The van der Waals surface area contributed by atoms with Gasteiger partial charge in [0.25, 0.3) is 0 Å². The molecule has 1 aromatic carbocycles. The van der Waals surface area contributed by atoms with Gasteiger partial charge in [-0.25, -0.2) is 0 Å². The molecule has 0 aromatic heterocycles. The van der Waals surface area contributed by atoms with Crippen LogP contribution in [0.25, 0.3) is 0 Å².